The quantitative estimate of drug-likeness (QED) is 0.619. The molecule has 0 radical (unpaired) electrons. The number of benzene rings is 1. The Hall–Kier alpha value is -2.34. The average Bonchev–Trinajstić information content (AvgIpc) is 2.45. The summed E-state index contributed by atoms with van der Waals surface area (Å²) in [5.74, 6) is 0. The van der Waals surface area contributed by atoms with Gasteiger partial charge >= 0.3 is 6.18 Å². The maximum absolute atomic E-state index is 12.6. The van der Waals surface area contributed by atoms with Crippen molar-refractivity contribution in [2.45, 2.75) is 12.3 Å². The topological polar surface area (TPSA) is 79.4 Å². The first-order valence-corrected chi connectivity index (χ1v) is 5.94. The molecule has 1 atom stereocenters. The number of nitriles is 1. The van der Waals surface area contributed by atoms with E-state index in [1.807, 2.05) is 6.07 Å². The summed E-state index contributed by atoms with van der Waals surface area (Å²) in [6, 6.07) is 4.23. The lowest BCUT2D eigenvalue weighted by molar-refractivity contribution is -0.384. The molecule has 0 spiro atoms. The number of anilines is 1. The predicted octanol–water partition coefficient (Wildman–Crippen LogP) is 2.34. The van der Waals surface area contributed by atoms with Gasteiger partial charge in [0, 0.05) is 12.6 Å². The van der Waals surface area contributed by atoms with Crippen molar-refractivity contribution in [1.29, 1.82) is 5.26 Å². The second-order valence-corrected chi connectivity index (χ2v) is 4.39. The number of hydrogen-bond donors (Lipinski definition) is 0. The maximum atomic E-state index is 12.6. The van der Waals surface area contributed by atoms with Crippen LogP contribution in [0.15, 0.2) is 18.2 Å². The highest BCUT2D eigenvalue weighted by atomic mass is 19.4. The third-order valence-electron chi connectivity index (χ3n) is 3.05. The zero-order valence-corrected chi connectivity index (χ0v) is 10.6. The fraction of sp³-hybridized carbons (Fsp3) is 0.417. The Kier molecular flexibility index (Phi) is 3.99. The summed E-state index contributed by atoms with van der Waals surface area (Å²) in [5, 5.41) is 19.8. The Morgan fingerprint density at radius 2 is 2.19 bits per heavy atom. The summed E-state index contributed by atoms with van der Waals surface area (Å²) in [4.78, 5) is 11.6. The third-order valence-corrected chi connectivity index (χ3v) is 3.05. The zero-order chi connectivity index (χ0) is 15.6. The van der Waals surface area contributed by atoms with Crippen LogP contribution in [0.4, 0.5) is 24.5 Å². The van der Waals surface area contributed by atoms with Gasteiger partial charge in [0.25, 0.3) is 5.69 Å². The first kappa shape index (κ1) is 15.1. The third kappa shape index (κ3) is 3.22. The van der Waals surface area contributed by atoms with Crippen molar-refractivity contribution >= 4 is 11.4 Å². The van der Waals surface area contributed by atoms with Crippen molar-refractivity contribution in [1.82, 2.24) is 0 Å². The van der Waals surface area contributed by atoms with Gasteiger partial charge in [-0.25, -0.2) is 0 Å². The van der Waals surface area contributed by atoms with E-state index in [0.29, 0.717) is 6.07 Å². The molecule has 1 unspecified atom stereocenters. The van der Waals surface area contributed by atoms with Crippen molar-refractivity contribution < 1.29 is 22.8 Å². The van der Waals surface area contributed by atoms with Gasteiger partial charge in [0.05, 0.1) is 29.7 Å². The van der Waals surface area contributed by atoms with Gasteiger partial charge in [-0.3, -0.25) is 10.1 Å². The number of rotatable bonds is 2. The van der Waals surface area contributed by atoms with Crippen LogP contribution in [0.3, 0.4) is 0 Å². The summed E-state index contributed by atoms with van der Waals surface area (Å²) in [6.45, 7) is 0.517. The molecule has 0 N–H and O–H groups in total. The Bertz CT molecular complexity index is 598. The van der Waals surface area contributed by atoms with E-state index in [0.717, 1.165) is 12.1 Å². The predicted molar refractivity (Wildman–Crippen MR) is 65.7 cm³/mol. The number of nitrogens with zero attached hydrogens (tertiary/aromatic N) is 3. The molecule has 21 heavy (non-hydrogen) atoms. The minimum atomic E-state index is -4.65. The SMILES string of the molecule is N#CC1CN(c2ccc(C(F)(F)F)cc2[N+](=O)[O-])CCO1. The van der Waals surface area contributed by atoms with Crippen LogP contribution in [-0.4, -0.2) is 30.7 Å². The van der Waals surface area contributed by atoms with Crippen molar-refractivity contribution in [2.75, 3.05) is 24.6 Å². The highest BCUT2D eigenvalue weighted by Crippen LogP contribution is 2.36. The first-order chi connectivity index (χ1) is 9.82. The van der Waals surface area contributed by atoms with Crippen molar-refractivity contribution in [3.63, 3.8) is 0 Å². The number of nitro groups is 1. The van der Waals surface area contributed by atoms with Crippen LogP contribution in [0.2, 0.25) is 0 Å². The van der Waals surface area contributed by atoms with Gasteiger partial charge < -0.3 is 9.64 Å². The second-order valence-electron chi connectivity index (χ2n) is 4.39. The van der Waals surface area contributed by atoms with Crippen LogP contribution in [0, 0.1) is 21.4 Å². The minimum absolute atomic E-state index is 0.0524. The smallest absolute Gasteiger partial charge is 0.360 e. The second kappa shape index (κ2) is 5.57. The van der Waals surface area contributed by atoms with E-state index < -0.39 is 28.5 Å². The summed E-state index contributed by atoms with van der Waals surface area (Å²) in [7, 11) is 0. The Labute approximate surface area is 117 Å². The van der Waals surface area contributed by atoms with Crippen LogP contribution in [0.1, 0.15) is 5.56 Å². The molecule has 1 aliphatic heterocycles. The lowest BCUT2D eigenvalue weighted by Crippen LogP contribution is -2.42. The van der Waals surface area contributed by atoms with E-state index in [1.165, 1.54) is 4.90 Å². The van der Waals surface area contributed by atoms with Gasteiger partial charge in [-0.05, 0) is 12.1 Å². The summed E-state index contributed by atoms with van der Waals surface area (Å²) in [5.41, 5.74) is -1.66. The van der Waals surface area contributed by atoms with Gasteiger partial charge in [-0.1, -0.05) is 0 Å². The standard InChI is InChI=1S/C12H10F3N3O3/c13-12(14,15)8-1-2-10(11(5-8)18(19)20)17-3-4-21-9(6-16)7-17/h1-2,5,9H,3-4,7H2. The molecule has 0 amide bonds. The van der Waals surface area contributed by atoms with Crippen molar-refractivity contribution in [3.05, 3.63) is 33.9 Å². The van der Waals surface area contributed by atoms with E-state index in [4.69, 9.17) is 10.00 Å². The number of halogens is 3. The summed E-state index contributed by atoms with van der Waals surface area (Å²) >= 11 is 0. The first-order valence-electron chi connectivity index (χ1n) is 5.94. The van der Waals surface area contributed by atoms with Crippen LogP contribution < -0.4 is 4.90 Å². The lowest BCUT2D eigenvalue weighted by Gasteiger charge is -2.31. The molecule has 0 aromatic heterocycles. The van der Waals surface area contributed by atoms with E-state index >= 15 is 0 Å². The lowest BCUT2D eigenvalue weighted by atomic mass is 10.1. The summed E-state index contributed by atoms with van der Waals surface area (Å²) < 4.78 is 43.0. The average molecular weight is 301 g/mol. The van der Waals surface area contributed by atoms with Gasteiger partial charge in [0.2, 0.25) is 0 Å². The number of morpholine rings is 1. The molecule has 0 bridgehead atoms. The molecule has 1 aromatic carbocycles. The van der Waals surface area contributed by atoms with Crippen LogP contribution >= 0.6 is 0 Å². The number of alkyl halides is 3. The van der Waals surface area contributed by atoms with E-state index in [-0.39, 0.29) is 25.4 Å². The van der Waals surface area contributed by atoms with E-state index in [9.17, 15) is 23.3 Å². The summed E-state index contributed by atoms with van der Waals surface area (Å²) in [6.07, 6.45) is -5.41. The van der Waals surface area contributed by atoms with E-state index in [2.05, 4.69) is 0 Å². The van der Waals surface area contributed by atoms with Gasteiger partial charge in [0.1, 0.15) is 5.69 Å². The Morgan fingerprint density at radius 1 is 1.48 bits per heavy atom. The Balaban J connectivity index is 2.40. The molecule has 1 heterocycles. The van der Waals surface area contributed by atoms with E-state index in [1.54, 1.807) is 0 Å². The molecular weight excluding hydrogens is 291 g/mol. The number of ether oxygens (including phenoxy) is 1. The van der Waals surface area contributed by atoms with Gasteiger partial charge in [0.15, 0.2) is 6.10 Å². The molecular formula is C12H10F3N3O3. The molecule has 1 aliphatic rings. The monoisotopic (exact) mass is 301 g/mol. The molecule has 112 valence electrons. The van der Waals surface area contributed by atoms with Crippen molar-refractivity contribution in [2.24, 2.45) is 0 Å². The highest BCUT2D eigenvalue weighted by molar-refractivity contribution is 5.65. The van der Waals surface area contributed by atoms with Crippen LogP contribution in [-0.2, 0) is 10.9 Å². The van der Waals surface area contributed by atoms with Gasteiger partial charge in [-0.2, -0.15) is 18.4 Å². The van der Waals surface area contributed by atoms with Crippen molar-refractivity contribution in [3.8, 4) is 6.07 Å². The number of nitro benzene ring substituents is 1. The normalized spacial score (nSPS) is 19.1. The largest absolute Gasteiger partial charge is 0.416 e. The molecule has 9 heteroatoms. The van der Waals surface area contributed by atoms with Crippen LogP contribution in [0.5, 0.6) is 0 Å². The van der Waals surface area contributed by atoms with Gasteiger partial charge in [-0.15, -0.1) is 0 Å². The Morgan fingerprint density at radius 3 is 2.76 bits per heavy atom. The maximum Gasteiger partial charge on any atom is 0.416 e. The number of hydrogen-bond acceptors (Lipinski definition) is 5. The molecule has 1 aromatic rings. The molecule has 6 nitrogen and oxygen atoms in total. The molecule has 2 rings (SSSR count). The fourth-order valence-corrected chi connectivity index (χ4v) is 2.06. The van der Waals surface area contributed by atoms with Crippen LogP contribution in [0.25, 0.3) is 0 Å². The minimum Gasteiger partial charge on any atom is -0.360 e. The fourth-order valence-electron chi connectivity index (χ4n) is 2.06. The highest BCUT2D eigenvalue weighted by Gasteiger charge is 2.34. The molecule has 0 aliphatic carbocycles. The molecule has 1 fully saturated rings. The molecule has 1 saturated heterocycles. The zero-order valence-electron chi connectivity index (χ0n) is 10.6. The molecule has 0 saturated carbocycles.